The molecule has 3 aromatic carbocycles. The summed E-state index contributed by atoms with van der Waals surface area (Å²) >= 11 is 0. The van der Waals surface area contributed by atoms with Crippen LogP contribution in [0, 0.1) is 11.7 Å². The molecule has 0 unspecified atom stereocenters. The number of rotatable bonds is 7. The van der Waals surface area contributed by atoms with Crippen LogP contribution < -0.4 is 10.1 Å². The maximum absolute atomic E-state index is 13.9. The molecule has 0 spiro atoms. The minimum absolute atomic E-state index is 0.0323. The van der Waals surface area contributed by atoms with Gasteiger partial charge in [0.25, 0.3) is 5.91 Å². The number of nitrogens with zero attached hydrogens (tertiary/aromatic N) is 1. The van der Waals surface area contributed by atoms with Crippen molar-refractivity contribution in [2.75, 3.05) is 19.7 Å². The molecule has 1 fully saturated rings. The summed E-state index contributed by atoms with van der Waals surface area (Å²) in [4.78, 5) is 27.7. The normalized spacial score (nSPS) is 17.9. The predicted molar refractivity (Wildman–Crippen MR) is 124 cm³/mol. The van der Waals surface area contributed by atoms with Crippen molar-refractivity contribution in [3.05, 3.63) is 102 Å². The van der Waals surface area contributed by atoms with Crippen LogP contribution in [0.4, 0.5) is 4.39 Å². The summed E-state index contributed by atoms with van der Waals surface area (Å²) in [7, 11) is 0. The van der Waals surface area contributed by atoms with Crippen LogP contribution in [0.2, 0.25) is 0 Å². The van der Waals surface area contributed by atoms with Gasteiger partial charge in [-0.05, 0) is 30.2 Å². The Bertz CT molecular complexity index is 1070. The van der Waals surface area contributed by atoms with Gasteiger partial charge in [-0.15, -0.1) is 0 Å². The number of carbonyl (C=O) groups excluding carboxylic acids is 2. The lowest BCUT2D eigenvalue weighted by atomic mass is 9.84. The second-order valence-corrected chi connectivity index (χ2v) is 8.25. The molecule has 0 aromatic heterocycles. The van der Waals surface area contributed by atoms with Crippen molar-refractivity contribution in [1.82, 2.24) is 10.2 Å². The molecular formula is C27H27FN2O3. The standard InChI is InChI=1S/C27H27FN2O3/c28-25-14-8-7-11-21(25)16-29-27(32)23-15-22(20-9-3-1-4-10-20)17-30(18-23)26(31)19-33-24-12-5-2-6-13-24/h1-14,22-23H,15-19H2,(H,29,32)/t22-,23+/m1/s1. The Morgan fingerprint density at radius 3 is 2.30 bits per heavy atom. The van der Waals surface area contributed by atoms with Gasteiger partial charge in [-0.25, -0.2) is 4.39 Å². The number of piperidine rings is 1. The van der Waals surface area contributed by atoms with E-state index in [4.69, 9.17) is 4.74 Å². The van der Waals surface area contributed by atoms with Crippen LogP contribution in [0.1, 0.15) is 23.5 Å². The molecule has 6 heteroatoms. The van der Waals surface area contributed by atoms with E-state index in [-0.39, 0.29) is 36.7 Å². The SMILES string of the molecule is O=C(NCc1ccccc1F)[C@H]1C[C@@H](c2ccccc2)CN(C(=O)COc2ccccc2)C1. The fourth-order valence-corrected chi connectivity index (χ4v) is 4.18. The first-order valence-corrected chi connectivity index (χ1v) is 11.1. The molecule has 170 valence electrons. The summed E-state index contributed by atoms with van der Waals surface area (Å²) in [6, 6.07) is 25.5. The Labute approximate surface area is 193 Å². The Morgan fingerprint density at radius 1 is 0.909 bits per heavy atom. The number of hydrogen-bond acceptors (Lipinski definition) is 3. The Morgan fingerprint density at radius 2 is 1.58 bits per heavy atom. The van der Waals surface area contributed by atoms with E-state index >= 15 is 0 Å². The summed E-state index contributed by atoms with van der Waals surface area (Å²) in [5, 5.41) is 2.85. The van der Waals surface area contributed by atoms with Gasteiger partial charge in [0.15, 0.2) is 6.61 Å². The maximum Gasteiger partial charge on any atom is 0.260 e. The molecule has 2 atom stereocenters. The first-order chi connectivity index (χ1) is 16.1. The third-order valence-corrected chi connectivity index (χ3v) is 5.96. The topological polar surface area (TPSA) is 58.6 Å². The number of halogens is 1. The molecule has 33 heavy (non-hydrogen) atoms. The molecule has 0 saturated carbocycles. The third kappa shape index (κ3) is 5.98. The van der Waals surface area contributed by atoms with E-state index in [1.54, 1.807) is 35.2 Å². The Kier molecular flexibility index (Phi) is 7.35. The van der Waals surface area contributed by atoms with Crippen molar-refractivity contribution in [1.29, 1.82) is 0 Å². The van der Waals surface area contributed by atoms with Crippen LogP contribution in [0.15, 0.2) is 84.9 Å². The smallest absolute Gasteiger partial charge is 0.260 e. The van der Waals surface area contributed by atoms with Crippen molar-refractivity contribution >= 4 is 11.8 Å². The third-order valence-electron chi connectivity index (χ3n) is 5.96. The second kappa shape index (κ2) is 10.8. The molecule has 0 radical (unpaired) electrons. The molecule has 1 aliphatic rings. The van der Waals surface area contributed by atoms with E-state index in [1.165, 1.54) is 6.07 Å². The number of likely N-dealkylation sites (tertiary alicyclic amines) is 1. The Hall–Kier alpha value is -3.67. The van der Waals surface area contributed by atoms with E-state index < -0.39 is 5.92 Å². The first kappa shape index (κ1) is 22.5. The lowest BCUT2D eigenvalue weighted by Crippen LogP contribution is -2.49. The number of benzene rings is 3. The van der Waals surface area contributed by atoms with Gasteiger partial charge in [-0.2, -0.15) is 0 Å². The zero-order valence-corrected chi connectivity index (χ0v) is 18.3. The minimum Gasteiger partial charge on any atom is -0.484 e. The summed E-state index contributed by atoms with van der Waals surface area (Å²) in [5.41, 5.74) is 1.52. The maximum atomic E-state index is 13.9. The monoisotopic (exact) mass is 446 g/mol. The summed E-state index contributed by atoms with van der Waals surface area (Å²) in [5.74, 6) is -0.423. The van der Waals surface area contributed by atoms with Crippen molar-refractivity contribution in [2.24, 2.45) is 5.92 Å². The molecule has 1 aliphatic heterocycles. The average Bonchev–Trinajstić information content (AvgIpc) is 2.87. The number of carbonyl (C=O) groups is 2. The van der Waals surface area contributed by atoms with Crippen molar-refractivity contribution < 1.29 is 18.7 Å². The van der Waals surface area contributed by atoms with Crippen LogP contribution in [-0.2, 0) is 16.1 Å². The molecule has 1 saturated heterocycles. The largest absolute Gasteiger partial charge is 0.484 e. The molecule has 1 heterocycles. The van der Waals surface area contributed by atoms with E-state index in [0.29, 0.717) is 30.8 Å². The number of hydrogen-bond donors (Lipinski definition) is 1. The lowest BCUT2D eigenvalue weighted by Gasteiger charge is -2.37. The van der Waals surface area contributed by atoms with Gasteiger partial charge in [0.1, 0.15) is 11.6 Å². The highest BCUT2D eigenvalue weighted by molar-refractivity contribution is 5.82. The van der Waals surface area contributed by atoms with Crippen molar-refractivity contribution in [2.45, 2.75) is 18.9 Å². The molecule has 2 amide bonds. The van der Waals surface area contributed by atoms with Crippen molar-refractivity contribution in [3.8, 4) is 5.75 Å². The highest BCUT2D eigenvalue weighted by atomic mass is 19.1. The van der Waals surface area contributed by atoms with Gasteiger partial charge >= 0.3 is 0 Å². The minimum atomic E-state index is -0.392. The highest BCUT2D eigenvalue weighted by Gasteiger charge is 2.34. The van der Waals surface area contributed by atoms with Crippen LogP contribution >= 0.6 is 0 Å². The van der Waals surface area contributed by atoms with Gasteiger partial charge in [0.05, 0.1) is 5.92 Å². The number of para-hydroxylation sites is 1. The molecule has 3 aromatic rings. The van der Waals surface area contributed by atoms with Crippen LogP contribution in [0.25, 0.3) is 0 Å². The fourth-order valence-electron chi connectivity index (χ4n) is 4.18. The Balaban J connectivity index is 1.44. The van der Waals surface area contributed by atoms with E-state index in [9.17, 15) is 14.0 Å². The second-order valence-electron chi connectivity index (χ2n) is 8.25. The molecular weight excluding hydrogens is 419 g/mol. The number of ether oxygens (including phenoxy) is 1. The molecule has 5 nitrogen and oxygen atoms in total. The van der Waals surface area contributed by atoms with Crippen LogP contribution in [0.3, 0.4) is 0 Å². The number of amides is 2. The molecule has 4 rings (SSSR count). The van der Waals surface area contributed by atoms with Gasteiger partial charge in [0.2, 0.25) is 5.91 Å². The molecule has 1 N–H and O–H groups in total. The van der Waals surface area contributed by atoms with Gasteiger partial charge in [-0.1, -0.05) is 66.7 Å². The molecule has 0 aliphatic carbocycles. The average molecular weight is 447 g/mol. The van der Waals surface area contributed by atoms with Crippen molar-refractivity contribution in [3.63, 3.8) is 0 Å². The summed E-state index contributed by atoms with van der Waals surface area (Å²) in [6.07, 6.45) is 0.621. The molecule has 0 bridgehead atoms. The van der Waals surface area contributed by atoms with Gasteiger partial charge in [-0.3, -0.25) is 9.59 Å². The number of nitrogens with one attached hydrogen (secondary N) is 1. The zero-order chi connectivity index (χ0) is 23.0. The van der Waals surface area contributed by atoms with Gasteiger partial charge < -0.3 is 15.0 Å². The van der Waals surface area contributed by atoms with Crippen LogP contribution in [0.5, 0.6) is 5.75 Å². The summed E-state index contributed by atoms with van der Waals surface area (Å²) in [6.45, 7) is 0.861. The van der Waals surface area contributed by atoms with E-state index in [1.807, 2.05) is 48.5 Å². The lowest BCUT2D eigenvalue weighted by molar-refractivity contribution is -0.138. The highest BCUT2D eigenvalue weighted by Crippen LogP contribution is 2.30. The quantitative estimate of drug-likeness (QED) is 0.593. The first-order valence-electron chi connectivity index (χ1n) is 11.1. The fraction of sp³-hybridized carbons (Fsp3) is 0.259. The van der Waals surface area contributed by atoms with E-state index in [0.717, 1.165) is 5.56 Å². The van der Waals surface area contributed by atoms with Gasteiger partial charge in [0, 0.05) is 31.1 Å². The van der Waals surface area contributed by atoms with E-state index in [2.05, 4.69) is 5.32 Å². The predicted octanol–water partition coefficient (Wildman–Crippen LogP) is 4.15. The summed E-state index contributed by atoms with van der Waals surface area (Å²) < 4.78 is 19.6. The zero-order valence-electron chi connectivity index (χ0n) is 18.3. The van der Waals surface area contributed by atoms with Crippen LogP contribution in [-0.4, -0.2) is 36.4 Å².